The minimum Gasteiger partial charge on any atom is -0.333 e. The first-order valence-electron chi connectivity index (χ1n) is 5.63. The Morgan fingerprint density at radius 1 is 0.867 bits per heavy atom. The summed E-state index contributed by atoms with van der Waals surface area (Å²) in [5.74, 6) is 0. The molecule has 1 rings (SSSR count). The molecule has 88 valence electrons. The van der Waals surface area contributed by atoms with E-state index < -0.39 is 0 Å². The molecule has 2 heteroatoms. The fourth-order valence-electron chi connectivity index (χ4n) is 1.22. The van der Waals surface area contributed by atoms with Crippen molar-refractivity contribution in [3.05, 3.63) is 35.9 Å². The molecule has 1 aromatic rings. The van der Waals surface area contributed by atoms with Crippen molar-refractivity contribution in [2.24, 2.45) is 11.5 Å². The van der Waals surface area contributed by atoms with Crippen LogP contribution in [0.2, 0.25) is 0 Å². The molecule has 0 aliphatic heterocycles. The lowest BCUT2D eigenvalue weighted by Gasteiger charge is -1.98. The van der Waals surface area contributed by atoms with Crippen LogP contribution in [0, 0.1) is 0 Å². The van der Waals surface area contributed by atoms with E-state index in [1.807, 2.05) is 0 Å². The summed E-state index contributed by atoms with van der Waals surface area (Å²) in [6, 6.07) is 10.7. The van der Waals surface area contributed by atoms with Gasteiger partial charge in [0, 0.05) is 0 Å². The van der Waals surface area contributed by atoms with Crippen LogP contribution < -0.4 is 11.5 Å². The monoisotopic (exact) mass is 210 g/mol. The second-order valence-corrected chi connectivity index (χ2v) is 2.94. The zero-order valence-corrected chi connectivity index (χ0v) is 10.4. The maximum Gasteiger partial charge on any atom is -0.0195 e. The van der Waals surface area contributed by atoms with Gasteiger partial charge in [0.1, 0.15) is 0 Å². The molecule has 0 unspecified atom stereocenters. The predicted octanol–water partition coefficient (Wildman–Crippen LogP) is 2.57. The Kier molecular flexibility index (Phi) is 17.2. The molecular formula is C13H26N2. The Morgan fingerprint density at radius 3 is 1.87 bits per heavy atom. The highest BCUT2D eigenvalue weighted by atomic mass is 14.4. The van der Waals surface area contributed by atoms with Gasteiger partial charge in [-0.15, -0.1) is 0 Å². The summed E-state index contributed by atoms with van der Waals surface area (Å²) in [7, 11) is 3.00. The third-order valence-corrected chi connectivity index (χ3v) is 1.91. The summed E-state index contributed by atoms with van der Waals surface area (Å²) in [4.78, 5) is 0. The van der Waals surface area contributed by atoms with Gasteiger partial charge < -0.3 is 11.5 Å². The molecular weight excluding hydrogens is 184 g/mol. The zero-order valence-electron chi connectivity index (χ0n) is 10.4. The van der Waals surface area contributed by atoms with Gasteiger partial charge in [-0.25, -0.2) is 0 Å². The number of hydrogen-bond donors (Lipinski definition) is 2. The van der Waals surface area contributed by atoms with E-state index in [0.717, 1.165) is 0 Å². The maximum absolute atomic E-state index is 4.50. The smallest absolute Gasteiger partial charge is 0.0195 e. The Bertz CT molecular complexity index is 185. The quantitative estimate of drug-likeness (QED) is 0.750. The predicted molar refractivity (Wildman–Crippen MR) is 69.9 cm³/mol. The zero-order chi connectivity index (χ0) is 11.9. The third-order valence-electron chi connectivity index (χ3n) is 1.91. The Balaban J connectivity index is 0. The maximum atomic E-state index is 4.50. The average Bonchev–Trinajstić information content (AvgIpc) is 2.36. The van der Waals surface area contributed by atoms with Gasteiger partial charge in [-0.05, 0) is 32.5 Å². The molecule has 0 saturated heterocycles. The minimum atomic E-state index is 1.24. The lowest BCUT2D eigenvalue weighted by molar-refractivity contribution is 0.717. The highest BCUT2D eigenvalue weighted by molar-refractivity contribution is 5.14. The van der Waals surface area contributed by atoms with Gasteiger partial charge in [-0.3, -0.25) is 0 Å². The molecule has 0 bridgehead atoms. The number of rotatable bonds is 4. The lowest BCUT2D eigenvalue weighted by atomic mass is 10.1. The molecule has 0 spiro atoms. The Labute approximate surface area is 94.7 Å². The number of benzene rings is 1. The van der Waals surface area contributed by atoms with E-state index >= 15 is 0 Å². The molecule has 0 aliphatic rings. The van der Waals surface area contributed by atoms with Crippen LogP contribution in [0.4, 0.5) is 0 Å². The van der Waals surface area contributed by atoms with Crippen molar-refractivity contribution in [3.8, 4) is 0 Å². The molecule has 0 heterocycles. The van der Waals surface area contributed by atoms with Gasteiger partial charge in [0.25, 0.3) is 0 Å². The molecule has 1 aromatic carbocycles. The van der Waals surface area contributed by atoms with Gasteiger partial charge in [0.15, 0.2) is 0 Å². The van der Waals surface area contributed by atoms with Crippen LogP contribution in [-0.4, -0.2) is 14.1 Å². The standard InChI is InChI=1S/C11H16.2CH5N/c1-2-3-5-8-11-9-6-4-7-10-11;2*1-2/h4,6-7,9-10H,2-3,5,8H2,1H3;2*2H2,1H3. The van der Waals surface area contributed by atoms with Crippen molar-refractivity contribution in [1.82, 2.24) is 0 Å². The van der Waals surface area contributed by atoms with E-state index in [2.05, 4.69) is 48.7 Å². The molecule has 0 amide bonds. The van der Waals surface area contributed by atoms with Crippen LogP contribution >= 0.6 is 0 Å². The summed E-state index contributed by atoms with van der Waals surface area (Å²) < 4.78 is 0. The van der Waals surface area contributed by atoms with Gasteiger partial charge in [-0.2, -0.15) is 0 Å². The first-order valence-corrected chi connectivity index (χ1v) is 5.63. The second-order valence-electron chi connectivity index (χ2n) is 2.94. The Morgan fingerprint density at radius 2 is 1.40 bits per heavy atom. The van der Waals surface area contributed by atoms with Crippen LogP contribution in [0.15, 0.2) is 30.3 Å². The molecule has 0 saturated carbocycles. The summed E-state index contributed by atoms with van der Waals surface area (Å²) in [6.45, 7) is 2.24. The SMILES string of the molecule is CCCCCc1ccccc1.CN.CN. The average molecular weight is 210 g/mol. The van der Waals surface area contributed by atoms with Crippen LogP contribution in [0.5, 0.6) is 0 Å². The molecule has 0 aliphatic carbocycles. The summed E-state index contributed by atoms with van der Waals surface area (Å²) in [6.07, 6.45) is 5.25. The van der Waals surface area contributed by atoms with Crippen molar-refractivity contribution >= 4 is 0 Å². The van der Waals surface area contributed by atoms with Crippen LogP contribution in [-0.2, 0) is 6.42 Å². The second kappa shape index (κ2) is 15.6. The molecule has 4 N–H and O–H groups in total. The summed E-state index contributed by atoms with van der Waals surface area (Å²) in [5.41, 5.74) is 10.5. The van der Waals surface area contributed by atoms with Crippen LogP contribution in [0.25, 0.3) is 0 Å². The van der Waals surface area contributed by atoms with E-state index in [4.69, 9.17) is 0 Å². The number of aryl methyl sites for hydroxylation is 1. The largest absolute Gasteiger partial charge is 0.333 e. The highest BCUT2D eigenvalue weighted by Crippen LogP contribution is 2.05. The van der Waals surface area contributed by atoms with E-state index in [1.54, 1.807) is 0 Å². The minimum absolute atomic E-state index is 1.24. The van der Waals surface area contributed by atoms with Crippen LogP contribution in [0.1, 0.15) is 31.7 Å². The number of nitrogens with two attached hydrogens (primary N) is 2. The van der Waals surface area contributed by atoms with Gasteiger partial charge in [0.05, 0.1) is 0 Å². The van der Waals surface area contributed by atoms with E-state index in [-0.39, 0.29) is 0 Å². The van der Waals surface area contributed by atoms with Crippen LogP contribution in [0.3, 0.4) is 0 Å². The van der Waals surface area contributed by atoms with Crippen molar-refractivity contribution in [2.45, 2.75) is 32.6 Å². The topological polar surface area (TPSA) is 52.0 Å². The normalized spacial score (nSPS) is 8.07. The van der Waals surface area contributed by atoms with Gasteiger partial charge in [0.2, 0.25) is 0 Å². The highest BCUT2D eigenvalue weighted by Gasteiger charge is 1.89. The molecule has 0 fully saturated rings. The van der Waals surface area contributed by atoms with E-state index in [9.17, 15) is 0 Å². The van der Waals surface area contributed by atoms with Crippen molar-refractivity contribution in [2.75, 3.05) is 14.1 Å². The van der Waals surface area contributed by atoms with Gasteiger partial charge in [-0.1, -0.05) is 50.1 Å². The first-order chi connectivity index (χ1) is 7.43. The molecule has 0 aromatic heterocycles. The number of unbranched alkanes of at least 4 members (excludes halogenated alkanes) is 2. The molecule has 15 heavy (non-hydrogen) atoms. The molecule has 0 radical (unpaired) electrons. The van der Waals surface area contributed by atoms with Crippen molar-refractivity contribution in [1.29, 1.82) is 0 Å². The first kappa shape index (κ1) is 16.6. The van der Waals surface area contributed by atoms with Crippen molar-refractivity contribution < 1.29 is 0 Å². The van der Waals surface area contributed by atoms with Gasteiger partial charge >= 0.3 is 0 Å². The fourth-order valence-corrected chi connectivity index (χ4v) is 1.22. The fraction of sp³-hybridized carbons (Fsp3) is 0.538. The summed E-state index contributed by atoms with van der Waals surface area (Å²) in [5, 5.41) is 0. The number of hydrogen-bond acceptors (Lipinski definition) is 2. The van der Waals surface area contributed by atoms with E-state index in [1.165, 1.54) is 45.3 Å². The lowest BCUT2D eigenvalue weighted by Crippen LogP contribution is -1.83. The third kappa shape index (κ3) is 11.1. The summed E-state index contributed by atoms with van der Waals surface area (Å²) >= 11 is 0. The molecule has 0 atom stereocenters. The van der Waals surface area contributed by atoms with E-state index in [0.29, 0.717) is 0 Å². The molecule has 2 nitrogen and oxygen atoms in total. The Hall–Kier alpha value is -0.860. The van der Waals surface area contributed by atoms with Crippen molar-refractivity contribution in [3.63, 3.8) is 0 Å².